The highest BCUT2D eigenvalue weighted by Crippen LogP contribution is 2.32. The molecule has 1 atom stereocenters. The third-order valence-corrected chi connectivity index (χ3v) is 5.47. The van der Waals surface area contributed by atoms with Gasteiger partial charge in [0.25, 0.3) is 0 Å². The summed E-state index contributed by atoms with van der Waals surface area (Å²) >= 11 is 0. The molecule has 0 bridgehead atoms. The molecule has 3 rings (SSSR count). The third-order valence-electron chi connectivity index (χ3n) is 4.04. The first-order valence-electron chi connectivity index (χ1n) is 7.64. The van der Waals surface area contributed by atoms with Crippen LogP contribution >= 0.6 is 0 Å². The molecule has 0 saturated carbocycles. The lowest BCUT2D eigenvalue weighted by Crippen LogP contribution is -2.31. The minimum atomic E-state index is -4.47. The van der Waals surface area contributed by atoms with Gasteiger partial charge in [-0.15, -0.1) is 0 Å². The molecule has 1 unspecified atom stereocenters. The topological polar surface area (TPSA) is 90.0 Å². The van der Waals surface area contributed by atoms with Gasteiger partial charge in [0.2, 0.25) is 10.0 Å². The van der Waals surface area contributed by atoms with Crippen LogP contribution in [-0.2, 0) is 23.0 Å². The van der Waals surface area contributed by atoms with E-state index in [9.17, 15) is 21.6 Å². The Kier molecular flexibility index (Phi) is 4.50. The molecule has 3 N–H and O–H groups in total. The van der Waals surface area contributed by atoms with E-state index in [0.717, 1.165) is 36.4 Å². The molecule has 0 saturated heterocycles. The van der Waals surface area contributed by atoms with Gasteiger partial charge in [-0.05, 0) is 42.5 Å². The SMILES string of the molecule is Nc1ccc2c(c1)CCCC2NS(=O)(=O)c1cnn(CC(F)(F)F)c1. The molecular weight excluding hydrogens is 357 g/mol. The van der Waals surface area contributed by atoms with E-state index >= 15 is 0 Å². The van der Waals surface area contributed by atoms with Crippen LogP contribution in [0.4, 0.5) is 18.9 Å². The Balaban J connectivity index is 1.81. The molecule has 136 valence electrons. The van der Waals surface area contributed by atoms with Crippen molar-refractivity contribution in [2.45, 2.75) is 42.9 Å². The maximum absolute atomic E-state index is 12.5. The Morgan fingerprint density at radius 1 is 1.36 bits per heavy atom. The molecule has 0 radical (unpaired) electrons. The van der Waals surface area contributed by atoms with Crippen LogP contribution in [0, 0.1) is 0 Å². The van der Waals surface area contributed by atoms with E-state index in [0.29, 0.717) is 16.8 Å². The zero-order valence-electron chi connectivity index (χ0n) is 13.1. The fourth-order valence-corrected chi connectivity index (χ4v) is 4.17. The largest absolute Gasteiger partial charge is 0.408 e. The van der Waals surface area contributed by atoms with Crippen molar-refractivity contribution in [3.05, 3.63) is 41.7 Å². The first-order chi connectivity index (χ1) is 11.6. The van der Waals surface area contributed by atoms with Crippen LogP contribution in [0.2, 0.25) is 0 Å². The van der Waals surface area contributed by atoms with Gasteiger partial charge in [0.15, 0.2) is 0 Å². The van der Waals surface area contributed by atoms with Gasteiger partial charge in [-0.1, -0.05) is 6.07 Å². The van der Waals surface area contributed by atoms with Crippen LogP contribution in [0.25, 0.3) is 0 Å². The summed E-state index contributed by atoms with van der Waals surface area (Å²) in [5, 5.41) is 3.48. The highest BCUT2D eigenvalue weighted by molar-refractivity contribution is 7.89. The molecular formula is C15H17F3N4O2S. The normalized spacial score (nSPS) is 18.1. The van der Waals surface area contributed by atoms with Crippen LogP contribution in [0.3, 0.4) is 0 Å². The number of nitrogens with one attached hydrogen (secondary N) is 1. The number of nitrogens with two attached hydrogens (primary N) is 1. The number of benzene rings is 1. The molecule has 10 heteroatoms. The van der Waals surface area contributed by atoms with Crippen molar-refractivity contribution in [3.8, 4) is 0 Å². The minimum absolute atomic E-state index is 0.292. The van der Waals surface area contributed by atoms with Crippen molar-refractivity contribution in [3.63, 3.8) is 0 Å². The Bertz CT molecular complexity index is 877. The minimum Gasteiger partial charge on any atom is -0.399 e. The summed E-state index contributed by atoms with van der Waals surface area (Å²) in [6.07, 6.45) is -0.474. The van der Waals surface area contributed by atoms with E-state index in [1.165, 1.54) is 0 Å². The third kappa shape index (κ3) is 4.13. The molecule has 1 aromatic carbocycles. The van der Waals surface area contributed by atoms with Gasteiger partial charge in [0.1, 0.15) is 11.4 Å². The monoisotopic (exact) mass is 374 g/mol. The van der Waals surface area contributed by atoms with E-state index in [1.807, 2.05) is 6.07 Å². The van der Waals surface area contributed by atoms with Crippen LogP contribution in [0.15, 0.2) is 35.5 Å². The number of aryl methyl sites for hydroxylation is 1. The zero-order valence-corrected chi connectivity index (χ0v) is 13.9. The second-order valence-corrected chi connectivity index (χ2v) is 7.73. The Labute approximate surface area is 142 Å². The lowest BCUT2D eigenvalue weighted by molar-refractivity contribution is -0.142. The summed E-state index contributed by atoms with van der Waals surface area (Å²) in [6, 6.07) is 4.86. The van der Waals surface area contributed by atoms with E-state index in [-0.39, 0.29) is 4.90 Å². The van der Waals surface area contributed by atoms with Crippen molar-refractivity contribution in [2.75, 3.05) is 5.73 Å². The molecule has 1 aliphatic carbocycles. The van der Waals surface area contributed by atoms with Gasteiger partial charge in [-0.2, -0.15) is 18.3 Å². The number of halogens is 3. The highest BCUT2D eigenvalue weighted by Gasteiger charge is 2.30. The summed E-state index contributed by atoms with van der Waals surface area (Å²) in [5.74, 6) is 0. The fraction of sp³-hybridized carbons (Fsp3) is 0.400. The molecule has 1 heterocycles. The standard InChI is InChI=1S/C15H17F3N4O2S/c16-15(17,18)9-22-8-12(7-20-22)25(23,24)21-14-3-1-2-10-6-11(19)4-5-13(10)14/h4-8,14,21H,1-3,9,19H2. The Morgan fingerprint density at radius 3 is 2.84 bits per heavy atom. The van der Waals surface area contributed by atoms with Crippen molar-refractivity contribution < 1.29 is 21.6 Å². The summed E-state index contributed by atoms with van der Waals surface area (Å²) < 4.78 is 65.2. The molecule has 0 fully saturated rings. The van der Waals surface area contributed by atoms with Crippen LogP contribution in [0.1, 0.15) is 30.0 Å². The van der Waals surface area contributed by atoms with Crippen molar-refractivity contribution in [1.82, 2.24) is 14.5 Å². The zero-order chi connectivity index (χ0) is 18.2. The lowest BCUT2D eigenvalue weighted by atomic mass is 9.88. The number of aromatic nitrogens is 2. The molecule has 6 nitrogen and oxygen atoms in total. The van der Waals surface area contributed by atoms with E-state index in [2.05, 4.69) is 9.82 Å². The second-order valence-electron chi connectivity index (χ2n) is 6.01. The van der Waals surface area contributed by atoms with Gasteiger partial charge in [-0.25, -0.2) is 13.1 Å². The maximum Gasteiger partial charge on any atom is 0.408 e. The van der Waals surface area contributed by atoms with Crippen LogP contribution in [0.5, 0.6) is 0 Å². The van der Waals surface area contributed by atoms with Crippen molar-refractivity contribution in [1.29, 1.82) is 0 Å². The molecule has 1 aromatic heterocycles. The number of anilines is 1. The summed E-state index contributed by atoms with van der Waals surface area (Å²) in [6.45, 7) is -1.34. The van der Waals surface area contributed by atoms with Gasteiger partial charge >= 0.3 is 6.18 Å². The second kappa shape index (κ2) is 6.34. The Hall–Kier alpha value is -2.07. The number of sulfonamides is 1. The van der Waals surface area contributed by atoms with Crippen molar-refractivity contribution in [2.24, 2.45) is 0 Å². The number of alkyl halides is 3. The number of fused-ring (bicyclic) bond motifs is 1. The molecule has 25 heavy (non-hydrogen) atoms. The van der Waals surface area contributed by atoms with Crippen LogP contribution < -0.4 is 10.5 Å². The van der Waals surface area contributed by atoms with Crippen LogP contribution in [-0.4, -0.2) is 24.4 Å². The quantitative estimate of drug-likeness (QED) is 0.804. The summed E-state index contributed by atoms with van der Waals surface area (Å²) in [4.78, 5) is -0.292. The molecule has 2 aromatic rings. The molecule has 0 aliphatic heterocycles. The number of rotatable bonds is 4. The summed E-state index contributed by atoms with van der Waals surface area (Å²) in [5.41, 5.74) is 8.18. The molecule has 1 aliphatic rings. The Morgan fingerprint density at radius 2 is 2.12 bits per heavy atom. The lowest BCUT2D eigenvalue weighted by Gasteiger charge is -2.26. The smallest absolute Gasteiger partial charge is 0.399 e. The van der Waals surface area contributed by atoms with E-state index in [4.69, 9.17) is 5.73 Å². The number of nitrogen functional groups attached to an aromatic ring is 1. The average molecular weight is 374 g/mol. The van der Waals surface area contributed by atoms with Gasteiger partial charge < -0.3 is 5.73 Å². The summed E-state index contributed by atoms with van der Waals surface area (Å²) in [7, 11) is -3.98. The molecule has 0 spiro atoms. The van der Waals surface area contributed by atoms with Gasteiger partial charge in [0.05, 0.1) is 6.20 Å². The average Bonchev–Trinajstić information content (AvgIpc) is 2.94. The molecule has 0 amide bonds. The van der Waals surface area contributed by atoms with E-state index in [1.54, 1.807) is 12.1 Å². The number of nitrogens with zero attached hydrogens (tertiary/aromatic N) is 2. The number of hydrogen-bond acceptors (Lipinski definition) is 4. The predicted octanol–water partition coefficient (Wildman–Crippen LogP) is 2.38. The first kappa shape index (κ1) is 17.7. The fourth-order valence-electron chi connectivity index (χ4n) is 2.97. The predicted molar refractivity (Wildman–Crippen MR) is 85.1 cm³/mol. The first-order valence-corrected chi connectivity index (χ1v) is 9.12. The van der Waals surface area contributed by atoms with Gasteiger partial charge in [-0.3, -0.25) is 4.68 Å². The van der Waals surface area contributed by atoms with E-state index < -0.39 is 28.8 Å². The van der Waals surface area contributed by atoms with Crippen molar-refractivity contribution >= 4 is 15.7 Å². The van der Waals surface area contributed by atoms with Gasteiger partial charge in [0, 0.05) is 17.9 Å². The number of hydrogen-bond donors (Lipinski definition) is 2. The highest BCUT2D eigenvalue weighted by atomic mass is 32.2. The maximum atomic E-state index is 12.5.